The van der Waals surface area contributed by atoms with Gasteiger partial charge in [0.15, 0.2) is 0 Å². The summed E-state index contributed by atoms with van der Waals surface area (Å²) in [5.74, 6) is 1.27. The van der Waals surface area contributed by atoms with Crippen LogP contribution >= 0.6 is 0 Å². The van der Waals surface area contributed by atoms with Gasteiger partial charge < -0.3 is 4.74 Å². The van der Waals surface area contributed by atoms with Crippen LogP contribution in [0.15, 0.2) is 83.9 Å². The average molecular weight is 370 g/mol. The van der Waals surface area contributed by atoms with Gasteiger partial charge in [-0.2, -0.15) is 0 Å². The van der Waals surface area contributed by atoms with Gasteiger partial charge in [-0.25, -0.2) is 9.98 Å². The summed E-state index contributed by atoms with van der Waals surface area (Å²) in [5.41, 5.74) is 4.28. The van der Waals surface area contributed by atoms with Crippen LogP contribution in [0.25, 0.3) is 0 Å². The molecule has 142 valence electrons. The molecule has 2 unspecified atom stereocenters. The van der Waals surface area contributed by atoms with Crippen molar-refractivity contribution in [1.29, 1.82) is 0 Å². The molecule has 0 bridgehead atoms. The van der Waals surface area contributed by atoms with Crippen molar-refractivity contribution in [2.45, 2.75) is 32.2 Å². The van der Waals surface area contributed by atoms with Gasteiger partial charge in [-0.1, -0.05) is 87.0 Å². The predicted molar refractivity (Wildman–Crippen MR) is 114 cm³/mol. The summed E-state index contributed by atoms with van der Waals surface area (Å²) in [5, 5.41) is 0. The molecule has 0 N–H and O–H groups in total. The van der Waals surface area contributed by atoms with Crippen molar-refractivity contribution in [3.05, 3.63) is 101 Å². The lowest BCUT2D eigenvalue weighted by molar-refractivity contribution is 0.282. The molecule has 4 rings (SSSR count). The Hall–Kier alpha value is -2.94. The third-order valence-corrected chi connectivity index (χ3v) is 5.53. The van der Waals surface area contributed by atoms with Crippen molar-refractivity contribution in [2.24, 2.45) is 10.9 Å². The first-order valence-electron chi connectivity index (χ1n) is 10.0. The van der Waals surface area contributed by atoms with Gasteiger partial charge in [0.05, 0.1) is 17.7 Å². The number of ether oxygens (including phenoxy) is 1. The van der Waals surface area contributed by atoms with Gasteiger partial charge in [0.25, 0.3) is 0 Å². The van der Waals surface area contributed by atoms with Gasteiger partial charge in [-0.05, 0) is 29.2 Å². The molecule has 0 amide bonds. The fourth-order valence-electron chi connectivity index (χ4n) is 3.65. The first-order valence-corrected chi connectivity index (χ1v) is 10.0. The van der Waals surface area contributed by atoms with Crippen LogP contribution in [0.2, 0.25) is 0 Å². The van der Waals surface area contributed by atoms with Crippen LogP contribution < -0.4 is 0 Å². The molecule has 3 nitrogen and oxygen atoms in total. The average Bonchev–Trinajstić information content (AvgIpc) is 3.26. The van der Waals surface area contributed by atoms with Gasteiger partial charge in [0.1, 0.15) is 12.3 Å². The highest BCUT2D eigenvalue weighted by Crippen LogP contribution is 2.31. The maximum atomic E-state index is 5.91. The second kappa shape index (κ2) is 8.39. The van der Waals surface area contributed by atoms with Crippen molar-refractivity contribution in [1.82, 2.24) is 4.98 Å². The summed E-state index contributed by atoms with van der Waals surface area (Å²) in [6.07, 6.45) is 1.10. The van der Waals surface area contributed by atoms with Gasteiger partial charge in [-0.15, -0.1) is 0 Å². The third-order valence-electron chi connectivity index (χ3n) is 5.53. The van der Waals surface area contributed by atoms with Crippen LogP contribution in [-0.2, 0) is 4.74 Å². The lowest BCUT2D eigenvalue weighted by Crippen LogP contribution is -2.16. The van der Waals surface area contributed by atoms with E-state index >= 15 is 0 Å². The largest absolute Gasteiger partial charge is 0.474 e. The lowest BCUT2D eigenvalue weighted by atomic mass is 9.88. The van der Waals surface area contributed by atoms with E-state index in [1.54, 1.807) is 0 Å². The lowest BCUT2D eigenvalue weighted by Gasteiger charge is -2.18. The fourth-order valence-corrected chi connectivity index (χ4v) is 3.65. The van der Waals surface area contributed by atoms with E-state index in [1.165, 1.54) is 11.1 Å². The standard InChI is InChI=1S/C25H26N2O/c1-3-18(2)23-17-28-25(27-23)22-16-10-15-21(26-22)24(19-11-6-4-7-12-19)20-13-8-5-9-14-20/h4-16,18,23-24H,3,17H2,1-2H3. The number of pyridine rings is 1. The molecule has 2 aromatic carbocycles. The molecule has 0 radical (unpaired) electrons. The number of benzene rings is 2. The maximum Gasteiger partial charge on any atom is 0.235 e. The van der Waals surface area contributed by atoms with Crippen LogP contribution in [0.5, 0.6) is 0 Å². The van der Waals surface area contributed by atoms with Gasteiger partial charge in [0.2, 0.25) is 5.90 Å². The monoisotopic (exact) mass is 370 g/mol. The van der Waals surface area contributed by atoms with Gasteiger partial charge in [0, 0.05) is 0 Å². The highest BCUT2D eigenvalue weighted by Gasteiger charge is 2.26. The Morgan fingerprint density at radius 2 is 1.54 bits per heavy atom. The zero-order valence-corrected chi connectivity index (χ0v) is 16.5. The minimum atomic E-state index is 0.0784. The third kappa shape index (κ3) is 3.84. The molecule has 28 heavy (non-hydrogen) atoms. The Labute approximate surface area is 167 Å². The van der Waals surface area contributed by atoms with Crippen LogP contribution in [0, 0.1) is 5.92 Å². The highest BCUT2D eigenvalue weighted by molar-refractivity contribution is 5.93. The minimum Gasteiger partial charge on any atom is -0.474 e. The zero-order chi connectivity index (χ0) is 19.3. The summed E-state index contributed by atoms with van der Waals surface area (Å²) in [6, 6.07) is 27.4. The van der Waals surface area contributed by atoms with E-state index in [4.69, 9.17) is 14.7 Å². The smallest absolute Gasteiger partial charge is 0.235 e. The maximum absolute atomic E-state index is 5.91. The summed E-state index contributed by atoms with van der Waals surface area (Å²) in [6.45, 7) is 5.07. The van der Waals surface area contributed by atoms with Crippen molar-refractivity contribution in [3.63, 3.8) is 0 Å². The Morgan fingerprint density at radius 3 is 2.14 bits per heavy atom. The van der Waals surface area contributed by atoms with E-state index in [-0.39, 0.29) is 12.0 Å². The van der Waals surface area contributed by atoms with Crippen molar-refractivity contribution in [3.8, 4) is 0 Å². The first kappa shape index (κ1) is 18.4. The van der Waals surface area contributed by atoms with Gasteiger partial charge >= 0.3 is 0 Å². The summed E-state index contributed by atoms with van der Waals surface area (Å²) < 4.78 is 5.91. The molecule has 1 aliphatic heterocycles. The Balaban J connectivity index is 1.72. The summed E-state index contributed by atoms with van der Waals surface area (Å²) in [7, 11) is 0. The van der Waals surface area contributed by atoms with Crippen molar-refractivity contribution in [2.75, 3.05) is 6.61 Å². The van der Waals surface area contributed by atoms with E-state index in [1.807, 2.05) is 18.2 Å². The number of hydrogen-bond donors (Lipinski definition) is 0. The molecule has 0 fully saturated rings. The molecule has 3 heteroatoms. The van der Waals surface area contributed by atoms with Crippen LogP contribution in [0.4, 0.5) is 0 Å². The van der Waals surface area contributed by atoms with E-state index in [0.29, 0.717) is 18.4 Å². The second-order valence-electron chi connectivity index (χ2n) is 7.40. The number of aliphatic imine (C=N–C) groups is 1. The van der Waals surface area contributed by atoms with Crippen molar-refractivity contribution >= 4 is 5.90 Å². The molecular formula is C25H26N2O. The van der Waals surface area contributed by atoms with Crippen LogP contribution in [0.3, 0.4) is 0 Å². The molecule has 0 saturated carbocycles. The number of aromatic nitrogens is 1. The molecule has 0 spiro atoms. The summed E-state index contributed by atoms with van der Waals surface area (Å²) in [4.78, 5) is 9.78. The SMILES string of the molecule is CCC(C)C1COC(c2cccc(C(c3ccccc3)c3ccccc3)n2)=N1. The first-order chi connectivity index (χ1) is 13.8. The van der Waals surface area contributed by atoms with Crippen LogP contribution in [-0.4, -0.2) is 23.5 Å². The Kier molecular flexibility index (Phi) is 5.52. The minimum absolute atomic E-state index is 0.0784. The highest BCUT2D eigenvalue weighted by atomic mass is 16.5. The predicted octanol–water partition coefficient (Wildman–Crippen LogP) is 5.45. The summed E-state index contributed by atoms with van der Waals surface area (Å²) >= 11 is 0. The number of nitrogens with zero attached hydrogens (tertiary/aromatic N) is 2. The van der Waals surface area contributed by atoms with E-state index in [2.05, 4.69) is 74.5 Å². The Morgan fingerprint density at radius 1 is 0.893 bits per heavy atom. The molecule has 0 saturated heterocycles. The van der Waals surface area contributed by atoms with E-state index in [0.717, 1.165) is 17.8 Å². The normalized spacial score (nSPS) is 17.2. The number of rotatable bonds is 6. The molecule has 1 aromatic heterocycles. The Bertz CT molecular complexity index is 898. The van der Waals surface area contributed by atoms with Crippen molar-refractivity contribution < 1.29 is 4.74 Å². The van der Waals surface area contributed by atoms with E-state index in [9.17, 15) is 0 Å². The molecule has 2 heterocycles. The molecule has 3 aromatic rings. The molecule has 0 aliphatic carbocycles. The topological polar surface area (TPSA) is 34.5 Å². The second-order valence-corrected chi connectivity index (χ2v) is 7.40. The molecule has 2 atom stereocenters. The van der Waals surface area contributed by atoms with E-state index < -0.39 is 0 Å². The molecular weight excluding hydrogens is 344 g/mol. The fraction of sp³-hybridized carbons (Fsp3) is 0.280. The van der Waals surface area contributed by atoms with Gasteiger partial charge in [-0.3, -0.25) is 0 Å². The zero-order valence-electron chi connectivity index (χ0n) is 16.5. The van der Waals surface area contributed by atoms with Crippen LogP contribution in [0.1, 0.15) is 48.7 Å². The molecule has 1 aliphatic rings. The number of hydrogen-bond acceptors (Lipinski definition) is 3. The quantitative estimate of drug-likeness (QED) is 0.578.